The predicted molar refractivity (Wildman–Crippen MR) is 74.0 cm³/mol. The topological polar surface area (TPSA) is 61.4 Å². The van der Waals surface area contributed by atoms with Crippen LogP contribution in [0.2, 0.25) is 0 Å². The average molecular weight is 342 g/mol. The van der Waals surface area contributed by atoms with Gasteiger partial charge in [0.15, 0.2) is 0 Å². The minimum atomic E-state index is -0.352. The molecule has 7 heteroatoms. The van der Waals surface area contributed by atoms with Crippen molar-refractivity contribution in [2.75, 3.05) is 19.6 Å². The van der Waals surface area contributed by atoms with Gasteiger partial charge in [0.25, 0.3) is 5.91 Å². The predicted octanol–water partition coefficient (Wildman–Crippen LogP) is 1.24. The van der Waals surface area contributed by atoms with E-state index >= 15 is 0 Å². The van der Waals surface area contributed by atoms with Gasteiger partial charge in [-0.05, 0) is 22.0 Å². The molecule has 0 bridgehead atoms. The maximum atomic E-state index is 11.7. The standard InChI is InChI=1S/C10H13BrN2O2S.ClH/c11-9-1-6(5-16-9)10(15)13-3-7-2-12-4-8(7)14;/h1,5,7-8,12,14H,2-4H2,(H,13,15);1H. The van der Waals surface area contributed by atoms with Gasteiger partial charge in [0.05, 0.1) is 15.5 Å². The number of aliphatic hydroxyl groups excluding tert-OH is 1. The van der Waals surface area contributed by atoms with Crippen LogP contribution in [0.1, 0.15) is 10.4 Å². The van der Waals surface area contributed by atoms with E-state index in [1.807, 2.05) is 5.38 Å². The van der Waals surface area contributed by atoms with Gasteiger partial charge in [-0.15, -0.1) is 23.7 Å². The third-order valence-corrected chi connectivity index (χ3v) is 4.16. The monoisotopic (exact) mass is 340 g/mol. The van der Waals surface area contributed by atoms with E-state index < -0.39 is 0 Å². The molecule has 2 rings (SSSR count). The lowest BCUT2D eigenvalue weighted by atomic mass is 10.1. The number of nitrogens with one attached hydrogen (secondary N) is 2. The number of thiophene rings is 1. The summed E-state index contributed by atoms with van der Waals surface area (Å²) in [6.07, 6.45) is -0.352. The van der Waals surface area contributed by atoms with E-state index in [1.54, 1.807) is 6.07 Å². The van der Waals surface area contributed by atoms with Crippen LogP contribution in [0.25, 0.3) is 0 Å². The number of carbonyl (C=O) groups excluding carboxylic acids is 1. The zero-order valence-corrected chi connectivity index (χ0v) is 12.2. The lowest BCUT2D eigenvalue weighted by Gasteiger charge is -2.13. The van der Waals surface area contributed by atoms with Gasteiger partial charge in [0.1, 0.15) is 0 Å². The van der Waals surface area contributed by atoms with Crippen molar-refractivity contribution in [3.8, 4) is 0 Å². The average Bonchev–Trinajstić information content (AvgIpc) is 2.84. The van der Waals surface area contributed by atoms with Crippen LogP contribution in [0.3, 0.4) is 0 Å². The minimum absolute atomic E-state index is 0. The molecule has 1 saturated heterocycles. The first-order valence-corrected chi connectivity index (χ1v) is 6.75. The third-order valence-electron chi connectivity index (χ3n) is 2.66. The molecular weight excluding hydrogens is 328 g/mol. The van der Waals surface area contributed by atoms with E-state index in [1.165, 1.54) is 11.3 Å². The van der Waals surface area contributed by atoms with Crippen LogP contribution in [0.15, 0.2) is 15.2 Å². The molecule has 0 aliphatic carbocycles. The largest absolute Gasteiger partial charge is 0.391 e. The van der Waals surface area contributed by atoms with Gasteiger partial charge in [0, 0.05) is 30.9 Å². The number of halogens is 2. The Morgan fingerprint density at radius 1 is 1.65 bits per heavy atom. The number of hydrogen-bond donors (Lipinski definition) is 3. The molecule has 1 fully saturated rings. The fourth-order valence-electron chi connectivity index (χ4n) is 1.68. The van der Waals surface area contributed by atoms with E-state index in [0.717, 1.165) is 10.3 Å². The maximum Gasteiger partial charge on any atom is 0.252 e. The summed E-state index contributed by atoms with van der Waals surface area (Å²) in [5.74, 6) is 0.0343. The Morgan fingerprint density at radius 2 is 2.41 bits per heavy atom. The Hall–Kier alpha value is -0.140. The van der Waals surface area contributed by atoms with Crippen LogP contribution >= 0.6 is 39.7 Å². The number of β-amino-alcohol motifs (C(OH)–C–C–N with tert-alkyl or cyclic N) is 1. The SMILES string of the molecule is Cl.O=C(NCC1CNCC1O)c1csc(Br)c1. The molecule has 1 aliphatic rings. The molecule has 1 aromatic rings. The Bertz CT molecular complexity index is 388. The van der Waals surface area contributed by atoms with E-state index in [4.69, 9.17) is 0 Å². The lowest BCUT2D eigenvalue weighted by Crippen LogP contribution is -2.34. The number of amides is 1. The Kier molecular flexibility index (Phi) is 5.88. The molecule has 1 aromatic heterocycles. The van der Waals surface area contributed by atoms with Crippen molar-refractivity contribution < 1.29 is 9.90 Å². The first kappa shape index (κ1) is 14.9. The van der Waals surface area contributed by atoms with Crippen molar-refractivity contribution in [3.63, 3.8) is 0 Å². The number of carbonyl (C=O) groups is 1. The zero-order chi connectivity index (χ0) is 11.5. The van der Waals surface area contributed by atoms with Crippen molar-refractivity contribution in [2.45, 2.75) is 6.10 Å². The smallest absolute Gasteiger partial charge is 0.252 e. The molecule has 3 N–H and O–H groups in total. The summed E-state index contributed by atoms with van der Waals surface area (Å²) in [6.45, 7) is 1.89. The van der Waals surface area contributed by atoms with Crippen LogP contribution in [-0.2, 0) is 0 Å². The number of rotatable bonds is 3. The summed E-state index contributed by atoms with van der Waals surface area (Å²) >= 11 is 4.80. The first-order chi connectivity index (χ1) is 7.66. The van der Waals surface area contributed by atoms with Crippen LogP contribution in [-0.4, -0.2) is 36.8 Å². The minimum Gasteiger partial charge on any atom is -0.391 e. The van der Waals surface area contributed by atoms with Gasteiger partial charge < -0.3 is 15.7 Å². The second-order valence-corrected chi connectivity index (χ2v) is 6.13. The summed E-state index contributed by atoms with van der Waals surface area (Å²) in [4.78, 5) is 11.7. The zero-order valence-electron chi connectivity index (χ0n) is 8.98. The maximum absolute atomic E-state index is 11.7. The second-order valence-electron chi connectivity index (χ2n) is 3.84. The molecule has 17 heavy (non-hydrogen) atoms. The van der Waals surface area contributed by atoms with Crippen LogP contribution in [0.4, 0.5) is 0 Å². The van der Waals surface area contributed by atoms with Crippen LogP contribution in [0.5, 0.6) is 0 Å². The Morgan fingerprint density at radius 3 is 2.94 bits per heavy atom. The van der Waals surface area contributed by atoms with E-state index in [-0.39, 0.29) is 30.3 Å². The fraction of sp³-hybridized carbons (Fsp3) is 0.500. The van der Waals surface area contributed by atoms with Gasteiger partial charge in [-0.25, -0.2) is 0 Å². The molecule has 2 unspecified atom stereocenters. The number of hydrogen-bond acceptors (Lipinski definition) is 4. The normalized spacial score (nSPS) is 23.2. The second kappa shape index (κ2) is 6.70. The van der Waals surface area contributed by atoms with E-state index in [9.17, 15) is 9.90 Å². The highest BCUT2D eigenvalue weighted by molar-refractivity contribution is 9.11. The first-order valence-electron chi connectivity index (χ1n) is 5.08. The van der Waals surface area contributed by atoms with Crippen molar-refractivity contribution in [1.29, 1.82) is 0 Å². The molecule has 2 atom stereocenters. The summed E-state index contributed by atoms with van der Waals surface area (Å²) in [6, 6.07) is 1.79. The Labute approximate surface area is 118 Å². The summed E-state index contributed by atoms with van der Waals surface area (Å²) in [7, 11) is 0. The molecule has 1 amide bonds. The number of aliphatic hydroxyl groups is 1. The van der Waals surface area contributed by atoms with E-state index in [0.29, 0.717) is 18.7 Å². The summed E-state index contributed by atoms with van der Waals surface area (Å²) < 4.78 is 0.945. The van der Waals surface area contributed by atoms with Crippen molar-refractivity contribution in [1.82, 2.24) is 10.6 Å². The summed E-state index contributed by atoms with van der Waals surface area (Å²) in [5, 5.41) is 17.3. The van der Waals surface area contributed by atoms with Crippen molar-refractivity contribution >= 4 is 45.6 Å². The van der Waals surface area contributed by atoms with Crippen LogP contribution < -0.4 is 10.6 Å². The van der Waals surface area contributed by atoms with Gasteiger partial charge in [-0.2, -0.15) is 0 Å². The highest BCUT2D eigenvalue weighted by Gasteiger charge is 2.25. The lowest BCUT2D eigenvalue weighted by molar-refractivity contribution is 0.0927. The molecule has 0 saturated carbocycles. The molecule has 0 aromatic carbocycles. The molecular formula is C10H14BrClN2O2S. The van der Waals surface area contributed by atoms with Gasteiger partial charge in [-0.3, -0.25) is 4.79 Å². The summed E-state index contributed by atoms with van der Waals surface area (Å²) in [5.41, 5.74) is 0.664. The molecule has 1 aliphatic heterocycles. The third kappa shape index (κ3) is 3.93. The Balaban J connectivity index is 0.00000144. The van der Waals surface area contributed by atoms with Gasteiger partial charge >= 0.3 is 0 Å². The van der Waals surface area contributed by atoms with E-state index in [2.05, 4.69) is 26.6 Å². The molecule has 0 spiro atoms. The van der Waals surface area contributed by atoms with Gasteiger partial charge in [-0.1, -0.05) is 0 Å². The molecule has 96 valence electrons. The molecule has 2 heterocycles. The highest BCUT2D eigenvalue weighted by Crippen LogP contribution is 2.20. The molecule has 0 radical (unpaired) electrons. The highest BCUT2D eigenvalue weighted by atomic mass is 79.9. The van der Waals surface area contributed by atoms with Crippen molar-refractivity contribution in [3.05, 3.63) is 20.8 Å². The van der Waals surface area contributed by atoms with Gasteiger partial charge in [0.2, 0.25) is 0 Å². The van der Waals surface area contributed by atoms with Crippen LogP contribution in [0, 0.1) is 5.92 Å². The van der Waals surface area contributed by atoms with Crippen molar-refractivity contribution in [2.24, 2.45) is 5.92 Å². The molecule has 4 nitrogen and oxygen atoms in total. The fourth-order valence-corrected chi connectivity index (χ4v) is 2.82. The quantitative estimate of drug-likeness (QED) is 0.775.